The van der Waals surface area contributed by atoms with Crippen molar-refractivity contribution in [2.75, 3.05) is 18.0 Å². The lowest BCUT2D eigenvalue weighted by Crippen LogP contribution is -2.46. The highest BCUT2D eigenvalue weighted by Gasteiger charge is 2.31. The standard InChI is InChI=1S/C13H15F2NO3/c1-13(19)3-2-4-16(7-13)11-9(14)5-8(12(17)18)6-10(11)15/h5-6,19H,2-4,7H2,1H3,(H,17,18). The number of carbonyl (C=O) groups is 1. The Morgan fingerprint density at radius 2 is 1.95 bits per heavy atom. The summed E-state index contributed by atoms with van der Waals surface area (Å²) in [7, 11) is 0. The second-order valence-corrected chi connectivity index (χ2v) is 5.12. The van der Waals surface area contributed by atoms with Gasteiger partial charge in [0.2, 0.25) is 0 Å². The summed E-state index contributed by atoms with van der Waals surface area (Å²) in [5, 5.41) is 18.7. The van der Waals surface area contributed by atoms with Crippen LogP contribution in [0.5, 0.6) is 0 Å². The van der Waals surface area contributed by atoms with Crippen molar-refractivity contribution in [3.8, 4) is 0 Å². The summed E-state index contributed by atoms with van der Waals surface area (Å²) in [5.41, 5.74) is -1.70. The van der Waals surface area contributed by atoms with E-state index in [0.717, 1.165) is 12.1 Å². The van der Waals surface area contributed by atoms with Crippen LogP contribution in [0.15, 0.2) is 12.1 Å². The molecule has 0 aliphatic carbocycles. The summed E-state index contributed by atoms with van der Waals surface area (Å²) in [5.74, 6) is -3.22. The molecule has 104 valence electrons. The summed E-state index contributed by atoms with van der Waals surface area (Å²) in [6, 6.07) is 1.59. The number of aliphatic hydroxyl groups is 1. The minimum absolute atomic E-state index is 0.118. The van der Waals surface area contributed by atoms with Crippen molar-refractivity contribution in [1.82, 2.24) is 0 Å². The number of rotatable bonds is 2. The lowest BCUT2D eigenvalue weighted by atomic mass is 9.94. The zero-order valence-electron chi connectivity index (χ0n) is 10.5. The number of piperidine rings is 1. The molecule has 2 rings (SSSR count). The Morgan fingerprint density at radius 1 is 1.37 bits per heavy atom. The largest absolute Gasteiger partial charge is 0.478 e. The number of aromatic carboxylic acids is 1. The van der Waals surface area contributed by atoms with Crippen LogP contribution in [-0.4, -0.2) is 34.9 Å². The van der Waals surface area contributed by atoms with E-state index < -0.39 is 28.8 Å². The Hall–Kier alpha value is -1.69. The molecule has 0 aromatic heterocycles. The molecule has 1 aromatic rings. The molecule has 1 atom stereocenters. The molecule has 1 aliphatic rings. The third-order valence-corrected chi connectivity index (χ3v) is 3.25. The number of carboxylic acids is 1. The molecule has 1 saturated heterocycles. The molecule has 4 nitrogen and oxygen atoms in total. The van der Waals surface area contributed by atoms with Crippen LogP contribution in [0.4, 0.5) is 14.5 Å². The van der Waals surface area contributed by atoms with Crippen LogP contribution >= 0.6 is 0 Å². The number of β-amino-alcohol motifs (C(OH)–C–C–N with tert-alkyl or cyclic N) is 1. The molecular weight excluding hydrogens is 256 g/mol. The molecule has 6 heteroatoms. The fourth-order valence-corrected chi connectivity index (χ4v) is 2.40. The number of anilines is 1. The van der Waals surface area contributed by atoms with Gasteiger partial charge in [-0.1, -0.05) is 0 Å². The Labute approximate surface area is 109 Å². The quantitative estimate of drug-likeness (QED) is 0.864. The van der Waals surface area contributed by atoms with Crippen molar-refractivity contribution >= 4 is 11.7 Å². The van der Waals surface area contributed by atoms with E-state index in [9.17, 15) is 18.7 Å². The van der Waals surface area contributed by atoms with Crippen molar-refractivity contribution in [3.05, 3.63) is 29.3 Å². The van der Waals surface area contributed by atoms with Gasteiger partial charge in [-0.05, 0) is 31.9 Å². The molecule has 2 N–H and O–H groups in total. The molecule has 0 amide bonds. The predicted octanol–water partition coefficient (Wildman–Crippen LogP) is 2.01. The van der Waals surface area contributed by atoms with Crippen LogP contribution in [0.3, 0.4) is 0 Å². The molecule has 0 bridgehead atoms. The maximum Gasteiger partial charge on any atom is 0.335 e. The van der Waals surface area contributed by atoms with E-state index in [-0.39, 0.29) is 12.2 Å². The number of benzene rings is 1. The highest BCUT2D eigenvalue weighted by atomic mass is 19.1. The highest BCUT2D eigenvalue weighted by molar-refractivity contribution is 5.88. The minimum Gasteiger partial charge on any atom is -0.478 e. The first-order chi connectivity index (χ1) is 8.80. The van der Waals surface area contributed by atoms with Gasteiger partial charge in [0.05, 0.1) is 11.2 Å². The normalized spacial score (nSPS) is 23.5. The first-order valence-corrected chi connectivity index (χ1v) is 6.00. The average molecular weight is 271 g/mol. The highest BCUT2D eigenvalue weighted by Crippen LogP contribution is 2.30. The Bertz CT molecular complexity index is 494. The van der Waals surface area contributed by atoms with Crippen molar-refractivity contribution < 1.29 is 23.8 Å². The maximum atomic E-state index is 13.9. The SMILES string of the molecule is CC1(O)CCCN(c2c(F)cc(C(=O)O)cc2F)C1. The molecule has 1 fully saturated rings. The molecule has 1 aliphatic heterocycles. The molecular formula is C13H15F2NO3. The zero-order valence-corrected chi connectivity index (χ0v) is 10.5. The molecule has 1 aromatic carbocycles. The van der Waals surface area contributed by atoms with E-state index in [0.29, 0.717) is 19.4 Å². The van der Waals surface area contributed by atoms with Crippen molar-refractivity contribution in [3.63, 3.8) is 0 Å². The van der Waals surface area contributed by atoms with Gasteiger partial charge >= 0.3 is 5.97 Å². The van der Waals surface area contributed by atoms with Gasteiger partial charge in [-0.15, -0.1) is 0 Å². The lowest BCUT2D eigenvalue weighted by Gasteiger charge is -2.38. The van der Waals surface area contributed by atoms with Gasteiger partial charge in [-0.3, -0.25) is 0 Å². The van der Waals surface area contributed by atoms with Gasteiger partial charge in [-0.2, -0.15) is 0 Å². The maximum absolute atomic E-state index is 13.9. The van der Waals surface area contributed by atoms with E-state index in [1.165, 1.54) is 4.90 Å². The van der Waals surface area contributed by atoms with Crippen LogP contribution in [-0.2, 0) is 0 Å². The van der Waals surface area contributed by atoms with Crippen LogP contribution in [0.1, 0.15) is 30.1 Å². The van der Waals surface area contributed by atoms with E-state index in [4.69, 9.17) is 5.11 Å². The number of hydrogen-bond acceptors (Lipinski definition) is 3. The van der Waals surface area contributed by atoms with E-state index in [1.807, 2.05) is 0 Å². The first kappa shape index (κ1) is 13.7. The summed E-state index contributed by atoms with van der Waals surface area (Å²) < 4.78 is 27.8. The van der Waals surface area contributed by atoms with Gasteiger partial charge in [-0.25, -0.2) is 13.6 Å². The topological polar surface area (TPSA) is 60.8 Å². The van der Waals surface area contributed by atoms with E-state index >= 15 is 0 Å². The third kappa shape index (κ3) is 2.84. The van der Waals surface area contributed by atoms with Crippen molar-refractivity contribution in [1.29, 1.82) is 0 Å². The second-order valence-electron chi connectivity index (χ2n) is 5.12. The van der Waals surface area contributed by atoms with Crippen LogP contribution < -0.4 is 4.90 Å². The van der Waals surface area contributed by atoms with Crippen LogP contribution in [0, 0.1) is 11.6 Å². The smallest absolute Gasteiger partial charge is 0.335 e. The summed E-state index contributed by atoms with van der Waals surface area (Å²) in [4.78, 5) is 12.1. The molecule has 1 unspecified atom stereocenters. The summed E-state index contributed by atoms with van der Waals surface area (Å²) in [6.45, 7) is 2.16. The average Bonchev–Trinajstić information content (AvgIpc) is 2.26. The number of halogens is 2. The summed E-state index contributed by atoms with van der Waals surface area (Å²) >= 11 is 0. The third-order valence-electron chi connectivity index (χ3n) is 3.25. The zero-order chi connectivity index (χ0) is 14.2. The van der Waals surface area contributed by atoms with Crippen LogP contribution in [0.2, 0.25) is 0 Å². The first-order valence-electron chi connectivity index (χ1n) is 6.00. The Balaban J connectivity index is 2.37. The Kier molecular flexibility index (Phi) is 3.45. The van der Waals surface area contributed by atoms with Crippen LogP contribution in [0.25, 0.3) is 0 Å². The molecule has 0 spiro atoms. The number of nitrogens with zero attached hydrogens (tertiary/aromatic N) is 1. The van der Waals surface area contributed by atoms with Gasteiger partial charge in [0.15, 0.2) is 0 Å². The fraction of sp³-hybridized carbons (Fsp3) is 0.462. The fourth-order valence-electron chi connectivity index (χ4n) is 2.40. The number of hydrogen-bond donors (Lipinski definition) is 2. The van der Waals surface area contributed by atoms with E-state index in [2.05, 4.69) is 0 Å². The summed E-state index contributed by atoms with van der Waals surface area (Å²) in [6.07, 6.45) is 1.19. The van der Waals surface area contributed by atoms with Gasteiger partial charge < -0.3 is 15.1 Å². The molecule has 19 heavy (non-hydrogen) atoms. The minimum atomic E-state index is -1.38. The van der Waals surface area contributed by atoms with Crippen molar-refractivity contribution in [2.24, 2.45) is 0 Å². The lowest BCUT2D eigenvalue weighted by molar-refractivity contribution is 0.0445. The second kappa shape index (κ2) is 4.77. The van der Waals surface area contributed by atoms with Crippen molar-refractivity contribution in [2.45, 2.75) is 25.4 Å². The van der Waals surface area contributed by atoms with Gasteiger partial charge in [0.1, 0.15) is 17.3 Å². The molecule has 0 saturated carbocycles. The molecule has 1 heterocycles. The Morgan fingerprint density at radius 3 is 2.42 bits per heavy atom. The van der Waals surface area contributed by atoms with Gasteiger partial charge in [0, 0.05) is 13.1 Å². The van der Waals surface area contributed by atoms with Gasteiger partial charge in [0.25, 0.3) is 0 Å². The predicted molar refractivity (Wildman–Crippen MR) is 65.4 cm³/mol. The molecule has 0 radical (unpaired) electrons. The monoisotopic (exact) mass is 271 g/mol. The van der Waals surface area contributed by atoms with E-state index in [1.54, 1.807) is 6.92 Å². The number of carboxylic acid groups (broad SMARTS) is 1.